The predicted octanol–water partition coefficient (Wildman–Crippen LogP) is 4.07. The van der Waals surface area contributed by atoms with E-state index >= 15 is 0 Å². The number of nitrogens with zero attached hydrogens (tertiary/aromatic N) is 4. The lowest BCUT2D eigenvalue weighted by Gasteiger charge is -2.17. The fourth-order valence-corrected chi connectivity index (χ4v) is 4.89. The molecule has 0 bridgehead atoms. The molecule has 8 heteroatoms. The molecule has 2 atom stereocenters. The van der Waals surface area contributed by atoms with E-state index < -0.39 is 5.41 Å². The fourth-order valence-electron chi connectivity index (χ4n) is 4.89. The highest BCUT2D eigenvalue weighted by molar-refractivity contribution is 6.04. The van der Waals surface area contributed by atoms with Gasteiger partial charge in [-0.15, -0.1) is 0 Å². The molecule has 1 saturated heterocycles. The van der Waals surface area contributed by atoms with Gasteiger partial charge in [-0.1, -0.05) is 30.3 Å². The Hall–Kier alpha value is -3.78. The van der Waals surface area contributed by atoms with Crippen LogP contribution in [0.2, 0.25) is 0 Å². The lowest BCUT2D eigenvalue weighted by atomic mass is 10.0. The van der Waals surface area contributed by atoms with Crippen molar-refractivity contribution in [2.75, 3.05) is 25.1 Å². The van der Waals surface area contributed by atoms with Crippen LogP contribution in [0.25, 0.3) is 33.4 Å². The third kappa shape index (κ3) is 3.33. The van der Waals surface area contributed by atoms with Crippen molar-refractivity contribution in [1.29, 1.82) is 0 Å². The number of ether oxygens (including phenoxy) is 2. The minimum absolute atomic E-state index is 0.0138. The first kappa shape index (κ1) is 20.8. The lowest BCUT2D eigenvalue weighted by molar-refractivity contribution is -0.121. The third-order valence-electron chi connectivity index (χ3n) is 6.78. The van der Waals surface area contributed by atoms with Crippen LogP contribution >= 0.6 is 0 Å². The monoisotopic (exact) mass is 455 g/mol. The Morgan fingerprint density at radius 2 is 2.09 bits per heavy atom. The van der Waals surface area contributed by atoms with E-state index in [9.17, 15) is 4.79 Å². The van der Waals surface area contributed by atoms with E-state index in [0.29, 0.717) is 37.2 Å². The molecule has 2 fully saturated rings. The topological polar surface area (TPSA) is 91.2 Å². The smallest absolute Gasteiger partial charge is 0.233 e. The summed E-state index contributed by atoms with van der Waals surface area (Å²) in [6, 6.07) is 13.8. The van der Waals surface area contributed by atoms with Crippen LogP contribution in [-0.2, 0) is 16.6 Å². The van der Waals surface area contributed by atoms with Gasteiger partial charge >= 0.3 is 0 Å². The molecule has 0 radical (unpaired) electrons. The molecule has 1 amide bonds. The van der Waals surface area contributed by atoms with Gasteiger partial charge in [0.05, 0.1) is 42.1 Å². The molecule has 6 rings (SSSR count). The molecule has 3 heterocycles. The molecule has 1 aliphatic heterocycles. The van der Waals surface area contributed by atoms with Crippen LogP contribution in [0.15, 0.2) is 55.0 Å². The van der Waals surface area contributed by atoms with E-state index in [4.69, 9.17) is 14.6 Å². The standard InChI is InChI=1S/C26H25N5O3/c1-3-34-22-10-20-18(9-21(22)29-25(32)26-11-17(26)13-33-14-26)24(28-15-27-20)19-12-31(2)30-23(19)16-7-5-4-6-8-16/h4-10,12,15,17H,3,11,13-14H2,1-2H3,(H,29,32)/t17-,26-/m0/s1. The van der Waals surface area contributed by atoms with Gasteiger partial charge in [0, 0.05) is 41.7 Å². The molecule has 2 aromatic heterocycles. The molecule has 8 nitrogen and oxygen atoms in total. The second-order valence-corrected chi connectivity index (χ2v) is 8.98. The number of anilines is 1. The quantitative estimate of drug-likeness (QED) is 0.471. The second kappa shape index (κ2) is 7.92. The summed E-state index contributed by atoms with van der Waals surface area (Å²) < 4.78 is 13.2. The van der Waals surface area contributed by atoms with E-state index in [0.717, 1.165) is 39.8 Å². The molecule has 1 saturated carbocycles. The SMILES string of the molecule is CCOc1cc2ncnc(-c3cn(C)nc3-c3ccccc3)c2cc1NC(=O)[C@@]12COC[C@@H]1C2. The van der Waals surface area contributed by atoms with E-state index in [1.54, 1.807) is 11.0 Å². The number of fused-ring (bicyclic) bond motifs is 2. The van der Waals surface area contributed by atoms with Crippen molar-refractivity contribution in [1.82, 2.24) is 19.7 Å². The second-order valence-electron chi connectivity index (χ2n) is 8.98. The van der Waals surface area contributed by atoms with Crippen LogP contribution in [0.5, 0.6) is 5.75 Å². The van der Waals surface area contributed by atoms with Crippen molar-refractivity contribution in [3.8, 4) is 28.3 Å². The zero-order valence-corrected chi connectivity index (χ0v) is 19.1. The van der Waals surface area contributed by atoms with Crippen LogP contribution in [0.3, 0.4) is 0 Å². The van der Waals surface area contributed by atoms with Gasteiger partial charge in [-0.2, -0.15) is 5.10 Å². The average molecular weight is 456 g/mol. The minimum atomic E-state index is -0.404. The fraction of sp³-hybridized carbons (Fsp3) is 0.308. The summed E-state index contributed by atoms with van der Waals surface area (Å²) >= 11 is 0. The summed E-state index contributed by atoms with van der Waals surface area (Å²) in [5, 5.41) is 8.64. The van der Waals surface area contributed by atoms with E-state index in [1.807, 2.05) is 62.6 Å². The molecule has 1 aliphatic carbocycles. The summed E-state index contributed by atoms with van der Waals surface area (Å²) in [5.74, 6) is 0.890. The number of benzene rings is 2. The molecular formula is C26H25N5O3. The maximum Gasteiger partial charge on any atom is 0.233 e. The van der Waals surface area contributed by atoms with Gasteiger partial charge in [0.2, 0.25) is 5.91 Å². The van der Waals surface area contributed by atoms with Crippen LogP contribution < -0.4 is 10.1 Å². The van der Waals surface area contributed by atoms with Crippen molar-refractivity contribution in [2.45, 2.75) is 13.3 Å². The van der Waals surface area contributed by atoms with Crippen LogP contribution in [0, 0.1) is 11.3 Å². The number of rotatable bonds is 6. The van der Waals surface area contributed by atoms with E-state index in [1.165, 1.54) is 0 Å². The largest absolute Gasteiger partial charge is 0.492 e. The number of nitrogens with one attached hydrogen (secondary N) is 1. The van der Waals surface area contributed by atoms with Gasteiger partial charge in [0.1, 0.15) is 17.8 Å². The van der Waals surface area contributed by atoms with E-state index in [-0.39, 0.29) is 5.91 Å². The number of hydrogen-bond acceptors (Lipinski definition) is 6. The Bertz CT molecular complexity index is 1400. The Morgan fingerprint density at radius 3 is 2.82 bits per heavy atom. The Balaban J connectivity index is 1.47. The summed E-state index contributed by atoms with van der Waals surface area (Å²) in [7, 11) is 1.90. The van der Waals surface area contributed by atoms with Crippen molar-refractivity contribution in [3.63, 3.8) is 0 Å². The molecule has 4 aromatic rings. The third-order valence-corrected chi connectivity index (χ3v) is 6.78. The number of aryl methyl sites for hydroxylation is 1. The maximum absolute atomic E-state index is 13.2. The van der Waals surface area contributed by atoms with Crippen molar-refractivity contribution in [3.05, 3.63) is 55.0 Å². The molecular weight excluding hydrogens is 430 g/mol. The zero-order valence-electron chi connectivity index (χ0n) is 19.1. The van der Waals surface area contributed by atoms with Crippen molar-refractivity contribution >= 4 is 22.5 Å². The van der Waals surface area contributed by atoms with Gasteiger partial charge in [0.15, 0.2) is 0 Å². The summed E-state index contributed by atoms with van der Waals surface area (Å²) in [4.78, 5) is 22.3. The molecule has 172 valence electrons. The number of aromatic nitrogens is 4. The molecule has 0 spiro atoms. The maximum atomic E-state index is 13.2. The number of carbonyl (C=O) groups is 1. The number of carbonyl (C=O) groups excluding carboxylic acids is 1. The van der Waals surface area contributed by atoms with Crippen LogP contribution in [0.4, 0.5) is 5.69 Å². The average Bonchev–Trinajstić information content (AvgIpc) is 3.19. The summed E-state index contributed by atoms with van der Waals surface area (Å²) in [6.07, 6.45) is 4.39. The zero-order chi connectivity index (χ0) is 23.3. The number of hydrogen-bond donors (Lipinski definition) is 1. The van der Waals surface area contributed by atoms with Crippen molar-refractivity contribution in [2.24, 2.45) is 18.4 Å². The van der Waals surface area contributed by atoms with Crippen molar-refractivity contribution < 1.29 is 14.3 Å². The molecule has 1 N–H and O–H groups in total. The van der Waals surface area contributed by atoms with Gasteiger partial charge in [-0.25, -0.2) is 9.97 Å². The van der Waals surface area contributed by atoms with E-state index in [2.05, 4.69) is 15.3 Å². The summed E-state index contributed by atoms with van der Waals surface area (Å²) in [5.41, 5.74) is 4.44. The van der Waals surface area contributed by atoms with Gasteiger partial charge in [0.25, 0.3) is 0 Å². The molecule has 34 heavy (non-hydrogen) atoms. The highest BCUT2D eigenvalue weighted by atomic mass is 16.5. The Kier molecular flexibility index (Phi) is 4.84. The number of amides is 1. The minimum Gasteiger partial charge on any atom is -0.492 e. The van der Waals surface area contributed by atoms with Gasteiger partial charge in [-0.05, 0) is 19.4 Å². The molecule has 0 unspecified atom stereocenters. The first-order valence-corrected chi connectivity index (χ1v) is 11.5. The predicted molar refractivity (Wildman–Crippen MR) is 128 cm³/mol. The lowest BCUT2D eigenvalue weighted by Crippen LogP contribution is -2.27. The first-order chi connectivity index (χ1) is 16.6. The first-order valence-electron chi connectivity index (χ1n) is 11.5. The summed E-state index contributed by atoms with van der Waals surface area (Å²) in [6.45, 7) is 3.53. The Labute approximate surface area is 196 Å². The highest BCUT2D eigenvalue weighted by Gasteiger charge is 2.63. The molecule has 2 aromatic carbocycles. The van der Waals surface area contributed by atoms with Crippen LogP contribution in [-0.4, -0.2) is 45.5 Å². The Morgan fingerprint density at radius 1 is 1.24 bits per heavy atom. The van der Waals surface area contributed by atoms with Crippen LogP contribution in [0.1, 0.15) is 13.3 Å². The van der Waals surface area contributed by atoms with Gasteiger partial charge < -0.3 is 14.8 Å². The molecule has 2 aliphatic rings. The normalized spacial score (nSPS) is 20.8. The highest BCUT2D eigenvalue weighted by Crippen LogP contribution is 2.57. The van der Waals surface area contributed by atoms with Gasteiger partial charge in [-0.3, -0.25) is 9.48 Å².